The first kappa shape index (κ1) is 18.4. The van der Waals surface area contributed by atoms with Gasteiger partial charge in [0.15, 0.2) is 5.41 Å². The molecule has 1 aromatic carbocycles. The van der Waals surface area contributed by atoms with Crippen molar-refractivity contribution in [3.05, 3.63) is 52.7 Å². The molecule has 2 aliphatic carbocycles. The van der Waals surface area contributed by atoms with Crippen molar-refractivity contribution in [2.75, 3.05) is 0 Å². The van der Waals surface area contributed by atoms with E-state index < -0.39 is 17.9 Å². The fraction of sp³-hybridized carbons (Fsp3) is 0.350. The number of halogens is 2. The first-order valence-corrected chi connectivity index (χ1v) is 8.47. The summed E-state index contributed by atoms with van der Waals surface area (Å²) in [6.07, 6.45) is 4.05. The number of alkyl halides is 2. The molecule has 0 radical (unpaired) electrons. The number of hydrogen-bond donors (Lipinski definition) is 1. The second-order valence-electron chi connectivity index (χ2n) is 6.52. The number of fused-ring (bicyclic) bond motifs is 1. The molecule has 5 nitrogen and oxygen atoms in total. The van der Waals surface area contributed by atoms with Crippen molar-refractivity contribution in [2.24, 2.45) is 17.1 Å². The lowest BCUT2D eigenvalue weighted by molar-refractivity contribution is -0.0509. The molecular formula is C20H16F2N4O. The van der Waals surface area contributed by atoms with Gasteiger partial charge < -0.3 is 10.5 Å². The largest absolute Gasteiger partial charge is 0.435 e. The molecule has 2 aliphatic rings. The van der Waals surface area contributed by atoms with Crippen molar-refractivity contribution in [3.63, 3.8) is 0 Å². The summed E-state index contributed by atoms with van der Waals surface area (Å²) in [5.74, 6) is -1.26. The fourth-order valence-electron chi connectivity index (χ4n) is 4.16. The number of rotatable bonds is 3. The molecule has 2 atom stereocenters. The molecule has 2 unspecified atom stereocenters. The molecule has 2 N–H and O–H groups in total. The van der Waals surface area contributed by atoms with Gasteiger partial charge in [0.1, 0.15) is 11.8 Å². The van der Waals surface area contributed by atoms with Crippen molar-refractivity contribution in [1.82, 2.24) is 0 Å². The highest BCUT2D eigenvalue weighted by molar-refractivity contribution is 5.60. The van der Waals surface area contributed by atoms with Crippen LogP contribution in [-0.4, -0.2) is 6.61 Å². The lowest BCUT2D eigenvalue weighted by Gasteiger charge is -2.43. The van der Waals surface area contributed by atoms with Crippen molar-refractivity contribution in [1.29, 1.82) is 15.8 Å². The number of ether oxygens (including phenoxy) is 1. The average Bonchev–Trinajstić information content (AvgIpc) is 2.67. The molecule has 0 saturated carbocycles. The van der Waals surface area contributed by atoms with Crippen LogP contribution in [0.25, 0.3) is 0 Å². The number of hydrogen-bond acceptors (Lipinski definition) is 5. The summed E-state index contributed by atoms with van der Waals surface area (Å²) < 4.78 is 30.5. The minimum absolute atomic E-state index is 0.0921. The van der Waals surface area contributed by atoms with Crippen LogP contribution in [-0.2, 0) is 0 Å². The predicted molar refractivity (Wildman–Crippen MR) is 91.7 cm³/mol. The Morgan fingerprint density at radius 3 is 2.52 bits per heavy atom. The van der Waals surface area contributed by atoms with E-state index in [4.69, 9.17) is 5.73 Å². The third-order valence-electron chi connectivity index (χ3n) is 5.27. The number of allylic oxidation sites excluding steroid dienone is 4. The quantitative estimate of drug-likeness (QED) is 0.873. The Bertz CT molecular complexity index is 932. The average molecular weight is 366 g/mol. The van der Waals surface area contributed by atoms with Gasteiger partial charge in [0.2, 0.25) is 0 Å². The van der Waals surface area contributed by atoms with Crippen LogP contribution in [0.5, 0.6) is 5.75 Å². The van der Waals surface area contributed by atoms with E-state index in [1.165, 1.54) is 6.07 Å². The Balaban J connectivity index is 2.32. The number of para-hydroxylation sites is 1. The minimum Gasteiger partial charge on any atom is -0.435 e. The standard InChI is InChI=1S/C20H16F2N4O/c21-19(22)27-16-8-4-3-7-14(16)17-13-6-2-1-5-12(13)15(9-23)18(26)20(17,10-24)11-25/h3-5,7-8,13,17,19H,1-2,6,26H2. The Morgan fingerprint density at radius 2 is 1.89 bits per heavy atom. The van der Waals surface area contributed by atoms with Gasteiger partial charge >= 0.3 is 6.61 Å². The SMILES string of the molecule is N#CC1=C(N)C(C#N)(C#N)C(c2ccccc2OC(F)F)C2CCCC=C12. The number of benzene rings is 1. The summed E-state index contributed by atoms with van der Waals surface area (Å²) in [6, 6.07) is 12.1. The summed E-state index contributed by atoms with van der Waals surface area (Å²) in [4.78, 5) is 0. The number of nitrogens with zero attached hydrogens (tertiary/aromatic N) is 3. The monoisotopic (exact) mass is 366 g/mol. The van der Waals surface area contributed by atoms with Crippen LogP contribution >= 0.6 is 0 Å². The fourth-order valence-corrected chi connectivity index (χ4v) is 4.16. The maximum Gasteiger partial charge on any atom is 0.387 e. The highest BCUT2D eigenvalue weighted by atomic mass is 19.3. The third-order valence-corrected chi connectivity index (χ3v) is 5.27. The van der Waals surface area contributed by atoms with Gasteiger partial charge in [0.05, 0.1) is 23.4 Å². The smallest absolute Gasteiger partial charge is 0.387 e. The van der Waals surface area contributed by atoms with Crippen molar-refractivity contribution < 1.29 is 13.5 Å². The van der Waals surface area contributed by atoms with E-state index in [0.29, 0.717) is 17.6 Å². The Hall–Kier alpha value is -3.37. The normalized spacial score (nSPS) is 23.5. The second kappa shape index (κ2) is 7.09. The molecule has 0 spiro atoms. The van der Waals surface area contributed by atoms with Gasteiger partial charge in [0.25, 0.3) is 0 Å². The topological polar surface area (TPSA) is 107 Å². The highest BCUT2D eigenvalue weighted by Gasteiger charge is 2.54. The van der Waals surface area contributed by atoms with E-state index in [-0.39, 0.29) is 22.9 Å². The van der Waals surface area contributed by atoms with Crippen LogP contribution in [0.4, 0.5) is 8.78 Å². The van der Waals surface area contributed by atoms with Gasteiger partial charge in [-0.2, -0.15) is 24.6 Å². The van der Waals surface area contributed by atoms with Gasteiger partial charge in [-0.25, -0.2) is 0 Å². The summed E-state index contributed by atoms with van der Waals surface area (Å²) in [5.41, 5.74) is 5.33. The van der Waals surface area contributed by atoms with Crippen molar-refractivity contribution in [2.45, 2.75) is 31.8 Å². The Kier molecular flexibility index (Phi) is 4.84. The summed E-state index contributed by atoms with van der Waals surface area (Å²) in [6.45, 7) is -3.04. The molecule has 0 heterocycles. The van der Waals surface area contributed by atoms with Gasteiger partial charge in [-0.05, 0) is 36.8 Å². The number of nitrogens with two attached hydrogens (primary N) is 1. The van der Waals surface area contributed by atoms with Crippen LogP contribution in [0, 0.1) is 45.3 Å². The van der Waals surface area contributed by atoms with Crippen LogP contribution in [0.15, 0.2) is 47.2 Å². The molecule has 1 aromatic rings. The molecule has 7 heteroatoms. The van der Waals surface area contributed by atoms with E-state index in [2.05, 4.69) is 4.74 Å². The number of nitriles is 3. The molecule has 0 fully saturated rings. The van der Waals surface area contributed by atoms with Crippen LogP contribution in [0.2, 0.25) is 0 Å². The van der Waals surface area contributed by atoms with E-state index in [9.17, 15) is 24.6 Å². The van der Waals surface area contributed by atoms with E-state index in [0.717, 1.165) is 12.8 Å². The minimum atomic E-state index is -3.04. The summed E-state index contributed by atoms with van der Waals surface area (Å²) in [7, 11) is 0. The summed E-state index contributed by atoms with van der Waals surface area (Å²) >= 11 is 0. The lowest BCUT2D eigenvalue weighted by Crippen LogP contribution is -2.42. The Labute approximate surface area is 155 Å². The molecule has 0 aliphatic heterocycles. The maximum absolute atomic E-state index is 12.9. The molecule has 136 valence electrons. The molecule has 0 aromatic heterocycles. The second-order valence-corrected chi connectivity index (χ2v) is 6.52. The Morgan fingerprint density at radius 1 is 1.19 bits per heavy atom. The maximum atomic E-state index is 12.9. The zero-order chi connectivity index (χ0) is 19.6. The molecule has 3 rings (SSSR count). The first-order chi connectivity index (χ1) is 13.0. The summed E-state index contributed by atoms with van der Waals surface area (Å²) in [5, 5.41) is 29.4. The van der Waals surface area contributed by atoms with Crippen LogP contribution in [0.1, 0.15) is 30.7 Å². The lowest BCUT2D eigenvalue weighted by atomic mass is 9.56. The van der Waals surface area contributed by atoms with Gasteiger partial charge in [-0.15, -0.1) is 0 Å². The van der Waals surface area contributed by atoms with Crippen LogP contribution < -0.4 is 10.5 Å². The van der Waals surface area contributed by atoms with Crippen molar-refractivity contribution >= 4 is 0 Å². The van der Waals surface area contributed by atoms with Crippen molar-refractivity contribution in [3.8, 4) is 24.0 Å². The van der Waals surface area contributed by atoms with E-state index in [1.807, 2.05) is 24.3 Å². The van der Waals surface area contributed by atoms with E-state index >= 15 is 0 Å². The van der Waals surface area contributed by atoms with Gasteiger partial charge in [-0.1, -0.05) is 24.3 Å². The highest BCUT2D eigenvalue weighted by Crippen LogP contribution is 2.57. The molecule has 27 heavy (non-hydrogen) atoms. The predicted octanol–water partition coefficient (Wildman–Crippen LogP) is 3.88. The zero-order valence-electron chi connectivity index (χ0n) is 14.3. The first-order valence-electron chi connectivity index (χ1n) is 8.47. The van der Waals surface area contributed by atoms with Gasteiger partial charge in [-0.3, -0.25) is 0 Å². The van der Waals surface area contributed by atoms with E-state index in [1.54, 1.807) is 18.2 Å². The van der Waals surface area contributed by atoms with Gasteiger partial charge in [0, 0.05) is 11.5 Å². The molecule has 0 saturated heterocycles. The van der Waals surface area contributed by atoms with Crippen LogP contribution in [0.3, 0.4) is 0 Å². The molecule has 0 bridgehead atoms. The zero-order valence-corrected chi connectivity index (χ0v) is 14.3. The molecule has 0 amide bonds. The third kappa shape index (κ3) is 2.80. The molecular weight excluding hydrogens is 350 g/mol.